The van der Waals surface area contributed by atoms with Gasteiger partial charge < -0.3 is 4.90 Å². The van der Waals surface area contributed by atoms with E-state index in [9.17, 15) is 22.8 Å². The Kier molecular flexibility index (Phi) is 6.41. The summed E-state index contributed by atoms with van der Waals surface area (Å²) in [5, 5.41) is -0.567. The molecule has 7 nitrogen and oxygen atoms in total. The third-order valence-electron chi connectivity index (χ3n) is 6.16. The Morgan fingerprint density at radius 3 is 2.16 bits per heavy atom. The summed E-state index contributed by atoms with van der Waals surface area (Å²) in [5.74, 6) is -0.565. The van der Waals surface area contributed by atoms with E-state index in [1.807, 2.05) is 0 Å². The first-order valence-corrected chi connectivity index (χ1v) is 12.5. The molecule has 1 fully saturated rings. The number of likely N-dealkylation sites (tertiary alicyclic amines) is 1. The van der Waals surface area contributed by atoms with Gasteiger partial charge in [0.15, 0.2) is 9.84 Å². The SMILES string of the molecule is O=C(CCCCCN1C(=O)c2ccccc2C1=O)N1CCC(S(=O)(=O)c2ccccc2)C1. The van der Waals surface area contributed by atoms with Crippen molar-refractivity contribution < 1.29 is 22.8 Å². The molecule has 0 aliphatic carbocycles. The minimum atomic E-state index is -3.44. The van der Waals surface area contributed by atoms with E-state index in [1.54, 1.807) is 59.5 Å². The number of sulfone groups is 1. The zero-order valence-corrected chi connectivity index (χ0v) is 18.6. The van der Waals surface area contributed by atoms with Crippen molar-refractivity contribution in [2.75, 3.05) is 19.6 Å². The Labute approximate surface area is 187 Å². The molecule has 0 radical (unpaired) electrons. The highest BCUT2D eigenvalue weighted by Crippen LogP contribution is 2.25. The Hall–Kier alpha value is -3.00. The number of hydrogen-bond acceptors (Lipinski definition) is 5. The number of amides is 3. The van der Waals surface area contributed by atoms with Gasteiger partial charge in [-0.2, -0.15) is 0 Å². The fraction of sp³-hybridized carbons (Fsp3) is 0.375. The maximum atomic E-state index is 12.8. The molecule has 0 N–H and O–H groups in total. The number of carbonyl (C=O) groups excluding carboxylic acids is 3. The number of carbonyl (C=O) groups is 3. The molecular formula is C24H26N2O5S. The summed E-state index contributed by atoms with van der Waals surface area (Å²) in [6.45, 7) is 1.01. The summed E-state index contributed by atoms with van der Waals surface area (Å²) in [6.07, 6.45) is 2.75. The number of nitrogens with zero attached hydrogens (tertiary/aromatic N) is 2. The summed E-state index contributed by atoms with van der Waals surface area (Å²) >= 11 is 0. The molecule has 0 spiro atoms. The maximum absolute atomic E-state index is 12.8. The Morgan fingerprint density at radius 2 is 1.50 bits per heavy atom. The first-order chi connectivity index (χ1) is 15.4. The van der Waals surface area contributed by atoms with Gasteiger partial charge in [0.25, 0.3) is 11.8 Å². The van der Waals surface area contributed by atoms with E-state index in [4.69, 9.17) is 0 Å². The molecule has 32 heavy (non-hydrogen) atoms. The van der Waals surface area contributed by atoms with Gasteiger partial charge in [0.1, 0.15) is 0 Å². The molecule has 1 atom stereocenters. The van der Waals surface area contributed by atoms with Crippen LogP contribution in [0.4, 0.5) is 0 Å². The Balaban J connectivity index is 1.20. The van der Waals surface area contributed by atoms with Gasteiger partial charge in [-0.05, 0) is 43.5 Å². The van der Waals surface area contributed by atoms with Gasteiger partial charge in [-0.1, -0.05) is 36.8 Å². The summed E-state index contributed by atoms with van der Waals surface area (Å²) in [6, 6.07) is 15.2. The molecule has 1 saturated heterocycles. The minimum absolute atomic E-state index is 0.0449. The van der Waals surface area contributed by atoms with Crippen LogP contribution in [0.2, 0.25) is 0 Å². The van der Waals surface area contributed by atoms with Crippen LogP contribution in [0.25, 0.3) is 0 Å². The predicted molar refractivity (Wildman–Crippen MR) is 119 cm³/mol. The lowest BCUT2D eigenvalue weighted by atomic mass is 10.1. The largest absolute Gasteiger partial charge is 0.341 e. The molecule has 4 rings (SSSR count). The summed E-state index contributed by atoms with van der Waals surface area (Å²) in [7, 11) is -3.44. The van der Waals surface area contributed by atoms with Crippen molar-refractivity contribution in [1.82, 2.24) is 9.80 Å². The van der Waals surface area contributed by atoms with Crippen molar-refractivity contribution in [3.63, 3.8) is 0 Å². The standard InChI is InChI=1S/C24H26N2O5S/c27-22(25-16-14-19(17-25)32(30,31)18-9-3-1-4-10-18)13-5-2-8-15-26-23(28)20-11-6-7-12-21(20)24(26)29/h1,3-4,6-7,9-12,19H,2,5,8,13-17H2. The lowest BCUT2D eigenvalue weighted by Crippen LogP contribution is -2.32. The van der Waals surface area contributed by atoms with Crippen molar-refractivity contribution in [2.24, 2.45) is 0 Å². The van der Waals surface area contributed by atoms with Crippen LogP contribution in [0.3, 0.4) is 0 Å². The fourth-order valence-electron chi connectivity index (χ4n) is 4.33. The van der Waals surface area contributed by atoms with Crippen LogP contribution in [-0.4, -0.2) is 60.8 Å². The second-order valence-electron chi connectivity index (χ2n) is 8.23. The molecule has 2 aromatic carbocycles. The molecule has 2 heterocycles. The van der Waals surface area contributed by atoms with Crippen molar-refractivity contribution in [2.45, 2.75) is 42.2 Å². The van der Waals surface area contributed by atoms with E-state index < -0.39 is 15.1 Å². The molecule has 2 aliphatic rings. The number of imide groups is 1. The molecule has 2 aliphatic heterocycles. The highest BCUT2D eigenvalue weighted by Gasteiger charge is 2.36. The summed E-state index contributed by atoms with van der Waals surface area (Å²) in [4.78, 5) is 40.5. The van der Waals surface area contributed by atoms with Crippen LogP contribution in [0.15, 0.2) is 59.5 Å². The van der Waals surface area contributed by atoms with Crippen LogP contribution in [-0.2, 0) is 14.6 Å². The van der Waals surface area contributed by atoms with E-state index in [0.717, 1.165) is 0 Å². The van der Waals surface area contributed by atoms with Gasteiger partial charge in [-0.25, -0.2) is 8.42 Å². The average Bonchev–Trinajstić information content (AvgIpc) is 3.40. The van der Waals surface area contributed by atoms with Crippen LogP contribution < -0.4 is 0 Å². The van der Waals surface area contributed by atoms with Crippen molar-refractivity contribution in [3.05, 3.63) is 65.7 Å². The third kappa shape index (κ3) is 4.32. The van der Waals surface area contributed by atoms with Crippen molar-refractivity contribution >= 4 is 27.6 Å². The highest BCUT2D eigenvalue weighted by atomic mass is 32.2. The predicted octanol–water partition coefficient (Wildman–Crippen LogP) is 2.92. The van der Waals surface area contributed by atoms with Gasteiger partial charge in [-0.15, -0.1) is 0 Å². The molecular weight excluding hydrogens is 428 g/mol. The zero-order chi connectivity index (χ0) is 22.7. The van der Waals surface area contributed by atoms with E-state index >= 15 is 0 Å². The van der Waals surface area contributed by atoms with Gasteiger partial charge in [0, 0.05) is 26.1 Å². The molecule has 0 bridgehead atoms. The zero-order valence-electron chi connectivity index (χ0n) is 17.8. The van der Waals surface area contributed by atoms with Crippen molar-refractivity contribution in [3.8, 4) is 0 Å². The molecule has 168 valence electrons. The second-order valence-corrected chi connectivity index (χ2v) is 10.5. The van der Waals surface area contributed by atoms with Crippen LogP contribution in [0.1, 0.15) is 52.8 Å². The molecule has 3 amide bonds. The van der Waals surface area contributed by atoms with Crippen LogP contribution >= 0.6 is 0 Å². The Bertz CT molecular complexity index is 1100. The quantitative estimate of drug-likeness (QED) is 0.452. The number of unbranched alkanes of at least 4 members (excludes halogenated alkanes) is 2. The molecule has 0 saturated carbocycles. The van der Waals surface area contributed by atoms with Gasteiger partial charge in [-0.3, -0.25) is 19.3 Å². The van der Waals surface area contributed by atoms with Gasteiger partial charge in [0.05, 0.1) is 21.3 Å². The van der Waals surface area contributed by atoms with Gasteiger partial charge >= 0.3 is 0 Å². The topological polar surface area (TPSA) is 91.8 Å². The van der Waals surface area contributed by atoms with E-state index in [-0.39, 0.29) is 24.3 Å². The fourth-order valence-corrected chi connectivity index (χ4v) is 6.05. The summed E-state index contributed by atoms with van der Waals surface area (Å²) < 4.78 is 25.5. The lowest BCUT2D eigenvalue weighted by Gasteiger charge is -2.17. The Morgan fingerprint density at radius 1 is 0.875 bits per heavy atom. The molecule has 8 heteroatoms. The number of rotatable bonds is 8. The normalized spacial score (nSPS) is 18.3. The highest BCUT2D eigenvalue weighted by molar-refractivity contribution is 7.92. The second kappa shape index (κ2) is 9.24. The third-order valence-corrected chi connectivity index (χ3v) is 8.35. The van der Waals surface area contributed by atoms with E-state index in [0.29, 0.717) is 61.2 Å². The van der Waals surface area contributed by atoms with Crippen LogP contribution in [0.5, 0.6) is 0 Å². The molecule has 2 aromatic rings. The average molecular weight is 455 g/mol. The molecule has 1 unspecified atom stereocenters. The lowest BCUT2D eigenvalue weighted by molar-refractivity contribution is -0.130. The van der Waals surface area contributed by atoms with Gasteiger partial charge in [0.2, 0.25) is 5.91 Å². The van der Waals surface area contributed by atoms with Crippen molar-refractivity contribution in [1.29, 1.82) is 0 Å². The smallest absolute Gasteiger partial charge is 0.261 e. The monoisotopic (exact) mass is 454 g/mol. The molecule has 0 aromatic heterocycles. The number of fused-ring (bicyclic) bond motifs is 1. The number of benzene rings is 2. The van der Waals surface area contributed by atoms with E-state index in [1.165, 1.54) is 4.90 Å². The first kappa shape index (κ1) is 22.2. The van der Waals surface area contributed by atoms with Crippen LogP contribution in [0, 0.1) is 0 Å². The van der Waals surface area contributed by atoms with E-state index in [2.05, 4.69) is 0 Å². The maximum Gasteiger partial charge on any atom is 0.261 e. The minimum Gasteiger partial charge on any atom is -0.341 e. The first-order valence-electron chi connectivity index (χ1n) is 10.9. The summed E-state index contributed by atoms with van der Waals surface area (Å²) in [5.41, 5.74) is 0.892. The number of hydrogen-bond donors (Lipinski definition) is 0.